The summed E-state index contributed by atoms with van der Waals surface area (Å²) >= 11 is 8.11. The van der Waals surface area contributed by atoms with Gasteiger partial charge in [0.15, 0.2) is 0 Å². The summed E-state index contributed by atoms with van der Waals surface area (Å²) in [6, 6.07) is 6.19. The van der Waals surface area contributed by atoms with Gasteiger partial charge in [-0.3, -0.25) is 4.57 Å². The topological polar surface area (TPSA) is 72.9 Å². The van der Waals surface area contributed by atoms with E-state index in [4.69, 9.17) is 17.3 Å². The summed E-state index contributed by atoms with van der Waals surface area (Å²) < 4.78 is 1.56. The van der Waals surface area contributed by atoms with Gasteiger partial charge in [-0.2, -0.15) is 4.98 Å². The van der Waals surface area contributed by atoms with E-state index in [0.29, 0.717) is 17.6 Å². The van der Waals surface area contributed by atoms with Crippen LogP contribution >= 0.6 is 23.4 Å². The van der Waals surface area contributed by atoms with E-state index in [1.165, 1.54) is 24.2 Å². The van der Waals surface area contributed by atoms with Gasteiger partial charge in [-0.25, -0.2) is 4.79 Å². The van der Waals surface area contributed by atoms with Crippen molar-refractivity contribution < 1.29 is 0 Å². The number of aromatic nitrogens is 2. The molecule has 0 amide bonds. The van der Waals surface area contributed by atoms with Crippen LogP contribution in [0.1, 0.15) is 36.8 Å². The number of thioether (sulfide) groups is 1. The minimum absolute atomic E-state index is 0.239. The molecular weight excluding hydrogens is 368 g/mol. The Hall–Kier alpha value is -1.50. The van der Waals surface area contributed by atoms with Crippen LogP contribution in [0.25, 0.3) is 0 Å². The normalized spacial score (nSPS) is 17.4. The zero-order valence-corrected chi connectivity index (χ0v) is 16.6. The minimum atomic E-state index is -0.343. The maximum atomic E-state index is 12.1. The van der Waals surface area contributed by atoms with Crippen molar-refractivity contribution in [2.75, 3.05) is 18.0 Å². The highest BCUT2D eigenvalue weighted by molar-refractivity contribution is 7.99. The monoisotopic (exact) mass is 392 g/mol. The van der Waals surface area contributed by atoms with E-state index in [1.54, 1.807) is 16.8 Å². The summed E-state index contributed by atoms with van der Waals surface area (Å²) in [5.74, 6) is 1.28. The lowest BCUT2D eigenvalue weighted by Gasteiger charge is -2.23. The Morgan fingerprint density at radius 2 is 2.27 bits per heavy atom. The summed E-state index contributed by atoms with van der Waals surface area (Å²) in [6.45, 7) is 3.64. The molecule has 1 fully saturated rings. The molecule has 1 aromatic heterocycles. The van der Waals surface area contributed by atoms with Crippen molar-refractivity contribution in [2.24, 2.45) is 0 Å². The van der Waals surface area contributed by atoms with Crippen LogP contribution in [0.2, 0.25) is 5.02 Å². The number of nitrogens with two attached hydrogens (primary N) is 1. The lowest BCUT2D eigenvalue weighted by molar-refractivity contribution is 0.395. The number of piperidine rings is 1. The van der Waals surface area contributed by atoms with Gasteiger partial charge in [0.25, 0.3) is 0 Å². The molecule has 7 heteroatoms. The Labute approximate surface area is 163 Å². The molecule has 1 aromatic carbocycles. The lowest BCUT2D eigenvalue weighted by Crippen LogP contribution is -2.34. The smallest absolute Gasteiger partial charge is 0.349 e. The number of hydrogen-bond donors (Lipinski definition) is 2. The zero-order valence-electron chi connectivity index (χ0n) is 15.0. The first-order chi connectivity index (χ1) is 12.5. The van der Waals surface area contributed by atoms with Crippen LogP contribution in [0.15, 0.2) is 34.1 Å². The van der Waals surface area contributed by atoms with Gasteiger partial charge in [-0.05, 0) is 67.8 Å². The van der Waals surface area contributed by atoms with Gasteiger partial charge in [0.2, 0.25) is 0 Å². The third-order valence-corrected chi connectivity index (χ3v) is 6.21. The minimum Gasteiger partial charge on any atom is -0.383 e. The molecular formula is C19H25ClN4OS. The molecule has 140 valence electrons. The molecule has 2 heterocycles. The van der Waals surface area contributed by atoms with Gasteiger partial charge in [0.05, 0.1) is 6.54 Å². The van der Waals surface area contributed by atoms with Gasteiger partial charge >= 0.3 is 5.69 Å². The van der Waals surface area contributed by atoms with E-state index in [2.05, 4.69) is 17.2 Å². The Morgan fingerprint density at radius 3 is 3.00 bits per heavy atom. The van der Waals surface area contributed by atoms with Crippen LogP contribution in [0.4, 0.5) is 5.82 Å². The number of nitrogen functional groups attached to an aromatic ring is 1. The fourth-order valence-corrected chi connectivity index (χ4v) is 4.84. The van der Waals surface area contributed by atoms with Gasteiger partial charge in [-0.1, -0.05) is 18.0 Å². The van der Waals surface area contributed by atoms with E-state index in [-0.39, 0.29) is 11.5 Å². The first kappa shape index (κ1) is 19.3. The number of rotatable bonds is 6. The Morgan fingerprint density at radius 1 is 1.42 bits per heavy atom. The van der Waals surface area contributed by atoms with Crippen molar-refractivity contribution in [3.05, 3.63) is 51.0 Å². The second-order valence-electron chi connectivity index (χ2n) is 6.76. The Bertz CT molecular complexity index is 818. The number of hydrogen-bond acceptors (Lipinski definition) is 5. The molecule has 0 radical (unpaired) electrons. The molecule has 0 spiro atoms. The third-order valence-electron chi connectivity index (χ3n) is 4.68. The largest absolute Gasteiger partial charge is 0.383 e. The Balaban J connectivity index is 1.75. The Kier molecular flexibility index (Phi) is 6.62. The number of nitrogens with one attached hydrogen (secondary N) is 1. The summed E-state index contributed by atoms with van der Waals surface area (Å²) in [5, 5.41) is 4.28. The average molecular weight is 393 g/mol. The van der Waals surface area contributed by atoms with E-state index in [0.717, 1.165) is 29.8 Å². The lowest BCUT2D eigenvalue weighted by atomic mass is 10.0. The highest BCUT2D eigenvalue weighted by atomic mass is 35.5. The number of aryl methyl sites for hydroxylation is 1. The second-order valence-corrected chi connectivity index (χ2v) is 8.30. The second kappa shape index (κ2) is 8.93. The van der Waals surface area contributed by atoms with Crippen molar-refractivity contribution in [3.8, 4) is 0 Å². The van der Waals surface area contributed by atoms with Crippen LogP contribution in [0.5, 0.6) is 0 Å². The fourth-order valence-electron chi connectivity index (χ4n) is 3.34. The van der Waals surface area contributed by atoms with E-state index < -0.39 is 0 Å². The fraction of sp³-hybridized carbons (Fsp3) is 0.474. The van der Waals surface area contributed by atoms with Crippen molar-refractivity contribution in [1.29, 1.82) is 0 Å². The van der Waals surface area contributed by atoms with Gasteiger partial charge in [-0.15, -0.1) is 11.8 Å². The third kappa shape index (κ3) is 5.02. The summed E-state index contributed by atoms with van der Waals surface area (Å²) in [4.78, 5) is 17.1. The molecule has 1 atom stereocenters. The van der Waals surface area contributed by atoms with Crippen LogP contribution in [-0.4, -0.2) is 27.9 Å². The number of halogens is 1. The summed E-state index contributed by atoms with van der Waals surface area (Å²) in [7, 11) is 0. The van der Waals surface area contributed by atoms with Crippen LogP contribution < -0.4 is 16.7 Å². The van der Waals surface area contributed by atoms with Crippen LogP contribution in [0.3, 0.4) is 0 Å². The SMILES string of the molecule is Cc1cc(Cl)cc(Cn2ccc(N)nc2=O)c1SCCC1CCCCN1. The molecule has 5 nitrogen and oxygen atoms in total. The summed E-state index contributed by atoms with van der Waals surface area (Å²) in [5.41, 5.74) is 7.43. The predicted molar refractivity (Wildman–Crippen MR) is 109 cm³/mol. The molecule has 3 N–H and O–H groups in total. The summed E-state index contributed by atoms with van der Waals surface area (Å²) in [6.07, 6.45) is 6.70. The zero-order chi connectivity index (χ0) is 18.5. The van der Waals surface area contributed by atoms with E-state index >= 15 is 0 Å². The molecule has 1 aliphatic rings. The number of nitrogens with zero attached hydrogens (tertiary/aromatic N) is 2. The van der Waals surface area contributed by atoms with Crippen molar-refractivity contribution in [3.63, 3.8) is 0 Å². The molecule has 0 saturated carbocycles. The van der Waals surface area contributed by atoms with Crippen molar-refractivity contribution in [1.82, 2.24) is 14.9 Å². The van der Waals surface area contributed by atoms with Gasteiger partial charge < -0.3 is 11.1 Å². The molecule has 1 aliphatic heterocycles. The maximum absolute atomic E-state index is 12.1. The van der Waals surface area contributed by atoms with Crippen molar-refractivity contribution >= 4 is 29.2 Å². The molecule has 1 unspecified atom stereocenters. The van der Waals surface area contributed by atoms with E-state index in [1.807, 2.05) is 23.9 Å². The number of anilines is 1. The predicted octanol–water partition coefficient (Wildman–Crippen LogP) is 3.46. The average Bonchev–Trinajstić information content (AvgIpc) is 2.60. The molecule has 0 bridgehead atoms. The van der Waals surface area contributed by atoms with Gasteiger partial charge in [0, 0.05) is 22.2 Å². The molecule has 0 aliphatic carbocycles. The first-order valence-corrected chi connectivity index (χ1v) is 10.4. The van der Waals surface area contributed by atoms with Crippen LogP contribution in [0, 0.1) is 6.92 Å². The number of benzene rings is 1. The molecule has 3 rings (SSSR count). The van der Waals surface area contributed by atoms with Crippen molar-refractivity contribution in [2.45, 2.75) is 50.1 Å². The first-order valence-electron chi connectivity index (χ1n) is 9.01. The van der Waals surface area contributed by atoms with Gasteiger partial charge in [0.1, 0.15) is 5.82 Å². The van der Waals surface area contributed by atoms with Crippen LogP contribution in [-0.2, 0) is 6.54 Å². The molecule has 1 saturated heterocycles. The highest BCUT2D eigenvalue weighted by Crippen LogP contribution is 2.31. The molecule has 26 heavy (non-hydrogen) atoms. The maximum Gasteiger partial charge on any atom is 0.349 e. The quantitative estimate of drug-likeness (QED) is 0.736. The van der Waals surface area contributed by atoms with E-state index in [9.17, 15) is 4.79 Å². The standard InChI is InChI=1S/C19H25ClN4OS/c1-13-10-15(20)11-14(12-24-8-5-17(21)23-19(24)25)18(13)26-9-6-16-4-2-3-7-22-16/h5,8,10-11,16,22H,2-4,6-7,9,12H2,1H3,(H2,21,23,25). The highest BCUT2D eigenvalue weighted by Gasteiger charge is 2.14. The molecule has 2 aromatic rings.